The van der Waals surface area contributed by atoms with E-state index >= 15 is 0 Å². The van der Waals surface area contributed by atoms with Gasteiger partial charge in [0, 0.05) is 24.8 Å². The van der Waals surface area contributed by atoms with Crippen molar-refractivity contribution in [3.05, 3.63) is 30.1 Å². The monoisotopic (exact) mass is 238 g/mol. The molecule has 1 atom stereocenters. The molecule has 1 rings (SSSR count). The summed E-state index contributed by atoms with van der Waals surface area (Å²) in [6, 6.07) is 7.21. The highest BCUT2D eigenvalue weighted by atomic mass is 19.1. The third kappa shape index (κ3) is 4.73. The molecule has 1 N–H and O–H groups in total. The van der Waals surface area contributed by atoms with E-state index in [0.717, 1.165) is 31.7 Å². The van der Waals surface area contributed by atoms with Crippen molar-refractivity contribution in [2.45, 2.75) is 33.2 Å². The number of hydrogen-bond donors (Lipinski definition) is 1. The fourth-order valence-corrected chi connectivity index (χ4v) is 1.89. The van der Waals surface area contributed by atoms with Crippen molar-refractivity contribution in [2.24, 2.45) is 0 Å². The van der Waals surface area contributed by atoms with Gasteiger partial charge in [0.15, 0.2) is 0 Å². The van der Waals surface area contributed by atoms with Crippen LogP contribution in [0.1, 0.15) is 27.2 Å². The van der Waals surface area contributed by atoms with Gasteiger partial charge in [-0.15, -0.1) is 0 Å². The third-order valence-corrected chi connectivity index (χ3v) is 3.17. The lowest BCUT2D eigenvalue weighted by molar-refractivity contribution is 0.223. The van der Waals surface area contributed by atoms with E-state index in [4.69, 9.17) is 0 Å². The normalized spacial score (nSPS) is 12.8. The van der Waals surface area contributed by atoms with E-state index in [1.807, 2.05) is 6.07 Å². The van der Waals surface area contributed by atoms with E-state index in [-0.39, 0.29) is 5.82 Å². The van der Waals surface area contributed by atoms with Crippen LogP contribution in [0, 0.1) is 5.82 Å². The van der Waals surface area contributed by atoms with Crippen LogP contribution in [0.5, 0.6) is 0 Å². The largest absolute Gasteiger partial charge is 0.384 e. The van der Waals surface area contributed by atoms with Crippen LogP contribution in [0.4, 0.5) is 10.1 Å². The summed E-state index contributed by atoms with van der Waals surface area (Å²) < 4.78 is 13.0. The Morgan fingerprint density at radius 2 is 2.12 bits per heavy atom. The molecule has 0 heterocycles. The van der Waals surface area contributed by atoms with Gasteiger partial charge in [-0.2, -0.15) is 0 Å². The fourth-order valence-electron chi connectivity index (χ4n) is 1.89. The smallest absolute Gasteiger partial charge is 0.125 e. The van der Waals surface area contributed by atoms with Gasteiger partial charge in [-0.05, 0) is 38.1 Å². The summed E-state index contributed by atoms with van der Waals surface area (Å²) in [5, 5.41) is 3.25. The molecule has 0 fully saturated rings. The van der Waals surface area contributed by atoms with Gasteiger partial charge < -0.3 is 5.32 Å². The average Bonchev–Trinajstić information content (AvgIpc) is 2.34. The minimum atomic E-state index is -0.190. The summed E-state index contributed by atoms with van der Waals surface area (Å²) in [6.07, 6.45) is 1.16. The van der Waals surface area contributed by atoms with E-state index in [2.05, 4.69) is 31.0 Å². The highest BCUT2D eigenvalue weighted by Crippen LogP contribution is 2.09. The quantitative estimate of drug-likeness (QED) is 0.783. The predicted octanol–water partition coefficient (Wildman–Crippen LogP) is 3.36. The first-order chi connectivity index (χ1) is 8.17. The summed E-state index contributed by atoms with van der Waals surface area (Å²) in [4.78, 5) is 2.42. The van der Waals surface area contributed by atoms with E-state index in [1.54, 1.807) is 6.07 Å². The summed E-state index contributed by atoms with van der Waals surface area (Å²) in [6.45, 7) is 9.51. The van der Waals surface area contributed by atoms with Gasteiger partial charge in [-0.3, -0.25) is 4.90 Å². The Morgan fingerprint density at radius 1 is 1.35 bits per heavy atom. The molecule has 96 valence electrons. The number of rotatable bonds is 7. The molecule has 2 nitrogen and oxygen atoms in total. The first-order valence-electron chi connectivity index (χ1n) is 6.40. The molecule has 0 saturated heterocycles. The summed E-state index contributed by atoms with van der Waals surface area (Å²) >= 11 is 0. The topological polar surface area (TPSA) is 15.3 Å². The van der Waals surface area contributed by atoms with E-state index in [0.29, 0.717) is 6.04 Å². The van der Waals surface area contributed by atoms with Crippen LogP contribution in [0.3, 0.4) is 0 Å². The second-order valence-electron chi connectivity index (χ2n) is 4.32. The molecule has 3 heteroatoms. The summed E-state index contributed by atoms with van der Waals surface area (Å²) in [7, 11) is 0. The molecule has 0 aromatic heterocycles. The molecule has 1 aromatic carbocycles. The molecular weight excluding hydrogens is 215 g/mol. The van der Waals surface area contributed by atoms with Crippen LogP contribution in [-0.2, 0) is 0 Å². The fraction of sp³-hybridized carbons (Fsp3) is 0.571. The predicted molar refractivity (Wildman–Crippen MR) is 71.9 cm³/mol. The van der Waals surface area contributed by atoms with Crippen LogP contribution in [-0.4, -0.2) is 30.6 Å². The molecule has 0 spiro atoms. The van der Waals surface area contributed by atoms with E-state index < -0.39 is 0 Å². The molecule has 0 bridgehead atoms. The van der Waals surface area contributed by atoms with Gasteiger partial charge in [0.25, 0.3) is 0 Å². The number of hydrogen-bond acceptors (Lipinski definition) is 2. The molecule has 1 unspecified atom stereocenters. The Morgan fingerprint density at radius 3 is 2.71 bits per heavy atom. The zero-order chi connectivity index (χ0) is 12.7. The number of nitrogens with one attached hydrogen (secondary N) is 1. The Bertz CT molecular complexity index is 328. The highest BCUT2D eigenvalue weighted by molar-refractivity contribution is 5.42. The second-order valence-corrected chi connectivity index (χ2v) is 4.32. The lowest BCUT2D eigenvalue weighted by Gasteiger charge is -2.27. The van der Waals surface area contributed by atoms with Crippen molar-refractivity contribution >= 4 is 5.69 Å². The third-order valence-electron chi connectivity index (χ3n) is 3.17. The number of nitrogens with zero attached hydrogens (tertiary/aromatic N) is 1. The van der Waals surface area contributed by atoms with Crippen molar-refractivity contribution in [3.63, 3.8) is 0 Å². The average molecular weight is 238 g/mol. The standard InChI is InChI=1S/C14H23FN2/c1-4-12(3)17(5-2)10-9-16-14-8-6-7-13(15)11-14/h6-8,11-12,16H,4-5,9-10H2,1-3H3. The van der Waals surface area contributed by atoms with Gasteiger partial charge in [0.05, 0.1) is 0 Å². The van der Waals surface area contributed by atoms with Gasteiger partial charge in [0.1, 0.15) is 5.82 Å². The molecule has 0 radical (unpaired) electrons. The van der Waals surface area contributed by atoms with Crippen molar-refractivity contribution in [1.82, 2.24) is 4.90 Å². The number of halogens is 1. The number of benzene rings is 1. The zero-order valence-corrected chi connectivity index (χ0v) is 11.0. The SMILES string of the molecule is CCC(C)N(CC)CCNc1cccc(F)c1. The van der Waals surface area contributed by atoms with Crippen LogP contribution in [0.15, 0.2) is 24.3 Å². The molecule has 0 saturated carbocycles. The minimum Gasteiger partial charge on any atom is -0.384 e. The molecule has 0 aliphatic carbocycles. The van der Waals surface area contributed by atoms with Crippen LogP contribution in [0.25, 0.3) is 0 Å². The molecule has 0 amide bonds. The maximum atomic E-state index is 13.0. The number of likely N-dealkylation sites (N-methyl/N-ethyl adjacent to an activating group) is 1. The van der Waals surface area contributed by atoms with Crippen molar-refractivity contribution in [2.75, 3.05) is 25.0 Å². The highest BCUT2D eigenvalue weighted by Gasteiger charge is 2.08. The zero-order valence-electron chi connectivity index (χ0n) is 11.0. The first kappa shape index (κ1) is 14.0. The van der Waals surface area contributed by atoms with E-state index in [9.17, 15) is 4.39 Å². The van der Waals surface area contributed by atoms with Crippen molar-refractivity contribution < 1.29 is 4.39 Å². The Balaban J connectivity index is 2.36. The first-order valence-corrected chi connectivity index (χ1v) is 6.40. The summed E-state index contributed by atoms with van der Waals surface area (Å²) in [5.41, 5.74) is 0.852. The molecule has 17 heavy (non-hydrogen) atoms. The van der Waals surface area contributed by atoms with Gasteiger partial charge in [-0.25, -0.2) is 4.39 Å². The Hall–Kier alpha value is -1.09. The van der Waals surface area contributed by atoms with Crippen LogP contribution in [0.2, 0.25) is 0 Å². The van der Waals surface area contributed by atoms with Gasteiger partial charge in [-0.1, -0.05) is 19.9 Å². The maximum absolute atomic E-state index is 13.0. The van der Waals surface area contributed by atoms with Gasteiger partial charge >= 0.3 is 0 Å². The lowest BCUT2D eigenvalue weighted by Crippen LogP contribution is -2.36. The van der Waals surface area contributed by atoms with Crippen LogP contribution < -0.4 is 5.32 Å². The molecule has 1 aromatic rings. The molecule has 0 aliphatic rings. The second kappa shape index (κ2) is 7.28. The van der Waals surface area contributed by atoms with E-state index in [1.165, 1.54) is 12.1 Å². The molecule has 0 aliphatic heterocycles. The van der Waals surface area contributed by atoms with Crippen molar-refractivity contribution in [3.8, 4) is 0 Å². The minimum absolute atomic E-state index is 0.190. The Labute approximate surface area is 104 Å². The summed E-state index contributed by atoms with van der Waals surface area (Å²) in [5.74, 6) is -0.190. The maximum Gasteiger partial charge on any atom is 0.125 e. The number of anilines is 1. The van der Waals surface area contributed by atoms with Crippen LogP contribution >= 0.6 is 0 Å². The van der Waals surface area contributed by atoms with Gasteiger partial charge in [0.2, 0.25) is 0 Å². The Kier molecular flexibility index (Phi) is 5.98. The molecular formula is C14H23FN2. The van der Waals surface area contributed by atoms with Crippen molar-refractivity contribution in [1.29, 1.82) is 0 Å². The lowest BCUT2D eigenvalue weighted by atomic mass is 10.2.